The number of thioether (sulfide) groups is 1. The van der Waals surface area contributed by atoms with E-state index < -0.39 is 0 Å². The lowest BCUT2D eigenvalue weighted by Crippen LogP contribution is -2.27. The Morgan fingerprint density at radius 2 is 2.10 bits per heavy atom. The highest BCUT2D eigenvalue weighted by molar-refractivity contribution is 7.99. The average molecular weight is 285 g/mol. The zero-order valence-electron chi connectivity index (χ0n) is 11.0. The third-order valence-electron chi connectivity index (χ3n) is 3.27. The number of benzene rings is 1. The van der Waals surface area contributed by atoms with E-state index in [9.17, 15) is 4.79 Å². The molecule has 2 aromatic rings. The lowest BCUT2D eigenvalue weighted by Gasteiger charge is -2.14. The van der Waals surface area contributed by atoms with E-state index in [0.717, 1.165) is 17.0 Å². The molecule has 1 aromatic carbocycles. The summed E-state index contributed by atoms with van der Waals surface area (Å²) < 4.78 is 0. The molecule has 1 amide bonds. The number of aromatic nitrogens is 2. The molecule has 0 N–H and O–H groups in total. The molecule has 0 atom stereocenters. The number of rotatable bonds is 4. The first-order valence-corrected chi connectivity index (χ1v) is 7.65. The molecule has 0 bridgehead atoms. The Bertz CT molecular complexity index is 578. The van der Waals surface area contributed by atoms with Gasteiger partial charge in [0.2, 0.25) is 5.91 Å². The summed E-state index contributed by atoms with van der Waals surface area (Å²) in [5.74, 6) is 1.55. The van der Waals surface area contributed by atoms with Crippen molar-refractivity contribution in [2.24, 2.45) is 0 Å². The summed E-state index contributed by atoms with van der Waals surface area (Å²) in [6.07, 6.45) is 3.34. The van der Waals surface area contributed by atoms with Gasteiger partial charge in [-0.1, -0.05) is 30.3 Å². The van der Waals surface area contributed by atoms with Gasteiger partial charge in [0, 0.05) is 24.1 Å². The minimum absolute atomic E-state index is 0.170. The minimum Gasteiger partial charge on any atom is -0.332 e. The second-order valence-corrected chi connectivity index (χ2v) is 5.71. The van der Waals surface area contributed by atoms with Gasteiger partial charge in [-0.3, -0.25) is 4.79 Å². The third kappa shape index (κ3) is 2.99. The summed E-state index contributed by atoms with van der Waals surface area (Å²) >= 11 is 1.65. The number of hydrogen-bond acceptors (Lipinski definition) is 4. The molecule has 0 fully saturated rings. The van der Waals surface area contributed by atoms with Crippen molar-refractivity contribution in [1.29, 1.82) is 0 Å². The molecule has 0 unspecified atom stereocenters. The van der Waals surface area contributed by atoms with Crippen LogP contribution < -0.4 is 0 Å². The Hall–Kier alpha value is -1.88. The number of amides is 1. The Balaban J connectivity index is 1.49. The molecular weight excluding hydrogens is 270 g/mol. The first-order chi connectivity index (χ1) is 9.83. The van der Waals surface area contributed by atoms with E-state index in [4.69, 9.17) is 0 Å². The Morgan fingerprint density at radius 3 is 2.90 bits per heavy atom. The Labute approximate surface area is 122 Å². The van der Waals surface area contributed by atoms with Gasteiger partial charge < -0.3 is 4.90 Å². The molecule has 0 saturated heterocycles. The Morgan fingerprint density at radius 1 is 1.25 bits per heavy atom. The highest BCUT2D eigenvalue weighted by Gasteiger charge is 2.23. The topological polar surface area (TPSA) is 46.1 Å². The van der Waals surface area contributed by atoms with Crippen LogP contribution >= 0.6 is 11.8 Å². The standard InChI is InChI=1S/C15H15N3OS/c19-15(10-20-9-12-4-2-1-3-5-12)18-7-13-6-16-11-17-14(13)8-18/h1-6,11H,7-10H2. The third-order valence-corrected chi connectivity index (χ3v) is 4.26. The van der Waals surface area contributed by atoms with E-state index >= 15 is 0 Å². The maximum atomic E-state index is 12.2. The fourth-order valence-corrected chi connectivity index (χ4v) is 3.09. The lowest BCUT2D eigenvalue weighted by molar-refractivity contribution is -0.128. The first kappa shape index (κ1) is 13.1. The number of hydrogen-bond donors (Lipinski definition) is 0. The van der Waals surface area contributed by atoms with Crippen LogP contribution in [0.15, 0.2) is 42.9 Å². The SMILES string of the molecule is O=C(CSCc1ccccc1)N1Cc2cncnc2C1. The molecule has 102 valence electrons. The second-order valence-electron chi connectivity index (χ2n) is 4.72. The second kappa shape index (κ2) is 6.05. The fraction of sp³-hybridized carbons (Fsp3) is 0.267. The van der Waals surface area contributed by atoms with Crippen LogP contribution in [0.3, 0.4) is 0 Å². The predicted molar refractivity (Wildman–Crippen MR) is 78.9 cm³/mol. The van der Waals surface area contributed by atoms with Gasteiger partial charge in [0.1, 0.15) is 6.33 Å². The van der Waals surface area contributed by atoms with Crippen LogP contribution in [0.4, 0.5) is 0 Å². The van der Waals surface area contributed by atoms with Gasteiger partial charge in [0.05, 0.1) is 18.0 Å². The predicted octanol–water partition coefficient (Wildman–Crippen LogP) is 2.25. The lowest BCUT2D eigenvalue weighted by atomic mass is 10.2. The highest BCUT2D eigenvalue weighted by atomic mass is 32.2. The van der Waals surface area contributed by atoms with Crippen molar-refractivity contribution in [3.8, 4) is 0 Å². The van der Waals surface area contributed by atoms with Crippen molar-refractivity contribution in [2.75, 3.05) is 5.75 Å². The summed E-state index contributed by atoms with van der Waals surface area (Å²) in [5, 5.41) is 0. The number of fused-ring (bicyclic) bond motifs is 1. The fourth-order valence-electron chi connectivity index (χ4n) is 2.20. The van der Waals surface area contributed by atoms with Crippen LogP contribution in [-0.4, -0.2) is 26.5 Å². The minimum atomic E-state index is 0.170. The van der Waals surface area contributed by atoms with Gasteiger partial charge in [0.25, 0.3) is 0 Å². The summed E-state index contributed by atoms with van der Waals surface area (Å²) in [7, 11) is 0. The van der Waals surface area contributed by atoms with Crippen molar-refractivity contribution in [3.05, 3.63) is 59.7 Å². The van der Waals surface area contributed by atoms with E-state index in [1.165, 1.54) is 11.9 Å². The van der Waals surface area contributed by atoms with Crippen LogP contribution in [-0.2, 0) is 23.6 Å². The van der Waals surface area contributed by atoms with Gasteiger partial charge in [-0.25, -0.2) is 9.97 Å². The first-order valence-electron chi connectivity index (χ1n) is 6.50. The molecule has 20 heavy (non-hydrogen) atoms. The van der Waals surface area contributed by atoms with Gasteiger partial charge >= 0.3 is 0 Å². The molecule has 1 aliphatic heterocycles. The van der Waals surface area contributed by atoms with E-state index in [-0.39, 0.29) is 5.91 Å². The molecule has 5 heteroatoms. The van der Waals surface area contributed by atoms with Crippen molar-refractivity contribution >= 4 is 17.7 Å². The zero-order chi connectivity index (χ0) is 13.8. The summed E-state index contributed by atoms with van der Waals surface area (Å²) in [4.78, 5) is 22.2. The molecule has 0 aliphatic carbocycles. The van der Waals surface area contributed by atoms with Crippen molar-refractivity contribution in [2.45, 2.75) is 18.8 Å². The van der Waals surface area contributed by atoms with Crippen LogP contribution in [0, 0.1) is 0 Å². The van der Waals surface area contributed by atoms with E-state index in [1.54, 1.807) is 18.0 Å². The summed E-state index contributed by atoms with van der Waals surface area (Å²) in [6, 6.07) is 10.2. The van der Waals surface area contributed by atoms with Crippen LogP contribution in [0.1, 0.15) is 16.8 Å². The molecule has 1 aliphatic rings. The zero-order valence-corrected chi connectivity index (χ0v) is 11.8. The monoisotopic (exact) mass is 285 g/mol. The molecule has 0 radical (unpaired) electrons. The highest BCUT2D eigenvalue weighted by Crippen LogP contribution is 2.21. The molecule has 4 nitrogen and oxygen atoms in total. The van der Waals surface area contributed by atoms with Gasteiger partial charge in [-0.15, -0.1) is 11.8 Å². The normalized spacial score (nSPS) is 13.3. The quantitative estimate of drug-likeness (QED) is 0.864. The van der Waals surface area contributed by atoms with Gasteiger partial charge in [-0.05, 0) is 5.56 Å². The molecule has 3 rings (SSSR count). The molecular formula is C15H15N3OS. The van der Waals surface area contributed by atoms with E-state index in [1.807, 2.05) is 23.1 Å². The Kier molecular flexibility index (Phi) is 3.97. The largest absolute Gasteiger partial charge is 0.332 e. The van der Waals surface area contributed by atoms with Gasteiger partial charge in [0.15, 0.2) is 0 Å². The van der Waals surface area contributed by atoms with Crippen molar-refractivity contribution < 1.29 is 4.79 Å². The summed E-state index contributed by atoms with van der Waals surface area (Å²) in [6.45, 7) is 1.25. The van der Waals surface area contributed by atoms with Crippen LogP contribution in [0.5, 0.6) is 0 Å². The molecule has 1 aromatic heterocycles. The van der Waals surface area contributed by atoms with Crippen molar-refractivity contribution in [1.82, 2.24) is 14.9 Å². The van der Waals surface area contributed by atoms with E-state index in [2.05, 4.69) is 22.1 Å². The smallest absolute Gasteiger partial charge is 0.233 e. The van der Waals surface area contributed by atoms with Crippen LogP contribution in [0.25, 0.3) is 0 Å². The molecule has 2 heterocycles. The molecule has 0 spiro atoms. The number of carbonyl (C=O) groups excluding carboxylic acids is 1. The maximum absolute atomic E-state index is 12.2. The number of nitrogens with zero attached hydrogens (tertiary/aromatic N) is 3. The van der Waals surface area contributed by atoms with Crippen LogP contribution in [0.2, 0.25) is 0 Å². The van der Waals surface area contributed by atoms with E-state index in [0.29, 0.717) is 18.8 Å². The van der Waals surface area contributed by atoms with Gasteiger partial charge in [-0.2, -0.15) is 0 Å². The number of carbonyl (C=O) groups is 1. The average Bonchev–Trinajstić information content (AvgIpc) is 2.92. The molecule has 0 saturated carbocycles. The summed E-state index contributed by atoms with van der Waals surface area (Å²) in [5.41, 5.74) is 3.29. The maximum Gasteiger partial charge on any atom is 0.233 e. The van der Waals surface area contributed by atoms with Crippen molar-refractivity contribution in [3.63, 3.8) is 0 Å².